The van der Waals surface area contributed by atoms with Gasteiger partial charge in [0.25, 0.3) is 0 Å². The zero-order valence-electron chi connectivity index (χ0n) is 14.3. The van der Waals surface area contributed by atoms with Crippen molar-refractivity contribution in [2.75, 3.05) is 31.2 Å². The van der Waals surface area contributed by atoms with Crippen LogP contribution in [-0.2, 0) is 4.74 Å². The Bertz CT molecular complexity index is 751. The molecule has 0 spiro atoms. The summed E-state index contributed by atoms with van der Waals surface area (Å²) in [5.41, 5.74) is 0.896. The summed E-state index contributed by atoms with van der Waals surface area (Å²) < 4.78 is 5.16. The molecule has 2 aromatic rings. The van der Waals surface area contributed by atoms with E-state index < -0.39 is 0 Å². The molecule has 0 saturated carbocycles. The third-order valence-corrected chi connectivity index (χ3v) is 5.68. The first kappa shape index (κ1) is 17.1. The summed E-state index contributed by atoms with van der Waals surface area (Å²) in [6, 6.07) is 0. The summed E-state index contributed by atoms with van der Waals surface area (Å²) in [6.07, 6.45) is 1.91. The largest absolute Gasteiger partial charge is 0.462 e. The Kier molecular flexibility index (Phi) is 5.01. The molecule has 1 aliphatic heterocycles. The van der Waals surface area contributed by atoms with E-state index >= 15 is 0 Å². The van der Waals surface area contributed by atoms with Crippen molar-refractivity contribution in [1.29, 1.82) is 0 Å². The number of ether oxygens (including phenoxy) is 1. The fourth-order valence-electron chi connectivity index (χ4n) is 3.17. The van der Waals surface area contributed by atoms with Gasteiger partial charge in [-0.2, -0.15) is 0 Å². The number of thiophene rings is 1. The van der Waals surface area contributed by atoms with E-state index in [0.29, 0.717) is 23.2 Å². The molecule has 0 unspecified atom stereocenters. The van der Waals surface area contributed by atoms with E-state index in [0.717, 1.165) is 47.5 Å². The van der Waals surface area contributed by atoms with E-state index in [1.54, 1.807) is 6.92 Å². The Hall–Kier alpha value is -1.73. The van der Waals surface area contributed by atoms with Gasteiger partial charge in [-0.15, -0.1) is 11.3 Å². The predicted octanol–water partition coefficient (Wildman–Crippen LogP) is 2.69. The van der Waals surface area contributed by atoms with Crippen LogP contribution >= 0.6 is 11.3 Å². The van der Waals surface area contributed by atoms with Crippen molar-refractivity contribution in [3.05, 3.63) is 16.3 Å². The molecule has 0 amide bonds. The predicted molar refractivity (Wildman–Crippen MR) is 94.9 cm³/mol. The molecule has 3 rings (SSSR count). The normalized spacial score (nSPS) is 15.9. The lowest BCUT2D eigenvalue weighted by Crippen LogP contribution is -2.35. The van der Waals surface area contributed by atoms with Gasteiger partial charge in [0, 0.05) is 19.7 Å². The average molecular weight is 349 g/mol. The fourth-order valence-corrected chi connectivity index (χ4v) is 4.28. The van der Waals surface area contributed by atoms with E-state index in [2.05, 4.69) is 14.9 Å². The summed E-state index contributed by atoms with van der Waals surface area (Å²) in [4.78, 5) is 25.1. The van der Waals surface area contributed by atoms with Crippen molar-refractivity contribution in [3.63, 3.8) is 0 Å². The second-order valence-electron chi connectivity index (χ2n) is 6.16. The fraction of sp³-hybridized carbons (Fsp3) is 0.588. The minimum atomic E-state index is -0.291. The van der Waals surface area contributed by atoms with Crippen LogP contribution in [0, 0.1) is 19.8 Å². The molecule has 1 N–H and O–H groups in total. The number of fused-ring (bicyclic) bond motifs is 1. The molecule has 0 aromatic carbocycles. The number of aliphatic hydroxyl groups is 1. The lowest BCUT2D eigenvalue weighted by Gasteiger charge is -2.32. The van der Waals surface area contributed by atoms with Crippen molar-refractivity contribution < 1.29 is 14.6 Å². The maximum atomic E-state index is 12.2. The smallest absolute Gasteiger partial charge is 0.348 e. The van der Waals surface area contributed by atoms with Gasteiger partial charge in [0.2, 0.25) is 0 Å². The van der Waals surface area contributed by atoms with Crippen LogP contribution in [0.15, 0.2) is 0 Å². The minimum absolute atomic E-state index is 0.247. The van der Waals surface area contributed by atoms with E-state index in [-0.39, 0.29) is 12.6 Å². The molecule has 0 atom stereocenters. The molecular weight excluding hydrogens is 326 g/mol. The van der Waals surface area contributed by atoms with Crippen LogP contribution < -0.4 is 4.90 Å². The summed E-state index contributed by atoms with van der Waals surface area (Å²) in [5, 5.41) is 10.3. The first-order valence-electron chi connectivity index (χ1n) is 8.35. The van der Waals surface area contributed by atoms with Crippen LogP contribution in [0.2, 0.25) is 0 Å². The topological polar surface area (TPSA) is 75.5 Å². The van der Waals surface area contributed by atoms with Gasteiger partial charge in [-0.25, -0.2) is 14.8 Å². The van der Waals surface area contributed by atoms with Crippen LogP contribution in [0.4, 0.5) is 5.82 Å². The van der Waals surface area contributed by atoms with Crippen LogP contribution in [0.5, 0.6) is 0 Å². The summed E-state index contributed by atoms with van der Waals surface area (Å²) in [6.45, 7) is 7.95. The van der Waals surface area contributed by atoms with Crippen molar-refractivity contribution in [1.82, 2.24) is 9.97 Å². The van der Waals surface area contributed by atoms with E-state index in [1.807, 2.05) is 13.8 Å². The van der Waals surface area contributed by atoms with E-state index in [4.69, 9.17) is 4.74 Å². The number of rotatable bonds is 4. The number of carbonyl (C=O) groups excluding carboxylic acids is 1. The van der Waals surface area contributed by atoms with Crippen LogP contribution in [0.25, 0.3) is 10.2 Å². The Balaban J connectivity index is 2.03. The zero-order chi connectivity index (χ0) is 17.3. The van der Waals surface area contributed by atoms with Crippen LogP contribution in [-0.4, -0.2) is 47.3 Å². The molecule has 0 bridgehead atoms. The lowest BCUT2D eigenvalue weighted by atomic mass is 9.97. The maximum absolute atomic E-state index is 12.2. The van der Waals surface area contributed by atoms with Gasteiger partial charge in [0.05, 0.1) is 12.0 Å². The van der Waals surface area contributed by atoms with Crippen LogP contribution in [0.1, 0.15) is 40.8 Å². The molecule has 3 heterocycles. The van der Waals surface area contributed by atoms with Gasteiger partial charge in [0.15, 0.2) is 0 Å². The van der Waals surface area contributed by atoms with E-state index in [1.165, 1.54) is 11.3 Å². The van der Waals surface area contributed by atoms with Gasteiger partial charge in [-0.05, 0) is 45.1 Å². The Labute approximate surface area is 145 Å². The second kappa shape index (κ2) is 7.03. The number of nitrogens with zero attached hydrogens (tertiary/aromatic N) is 3. The number of hydrogen-bond acceptors (Lipinski definition) is 7. The molecule has 1 aliphatic rings. The maximum Gasteiger partial charge on any atom is 0.348 e. The highest BCUT2D eigenvalue weighted by atomic mass is 32.1. The molecule has 130 valence electrons. The zero-order valence-corrected chi connectivity index (χ0v) is 15.2. The first-order chi connectivity index (χ1) is 11.5. The number of aryl methyl sites for hydroxylation is 2. The summed E-state index contributed by atoms with van der Waals surface area (Å²) >= 11 is 1.38. The number of aromatic nitrogens is 2. The molecule has 24 heavy (non-hydrogen) atoms. The molecule has 0 radical (unpaired) electrons. The van der Waals surface area contributed by atoms with Crippen molar-refractivity contribution >= 4 is 33.3 Å². The quantitative estimate of drug-likeness (QED) is 0.856. The van der Waals surface area contributed by atoms with Crippen molar-refractivity contribution in [3.8, 4) is 0 Å². The molecule has 1 fully saturated rings. The number of piperidine rings is 1. The van der Waals surface area contributed by atoms with Gasteiger partial charge in [-0.3, -0.25) is 0 Å². The number of anilines is 1. The van der Waals surface area contributed by atoms with Gasteiger partial charge >= 0.3 is 5.97 Å². The molecule has 2 aromatic heterocycles. The number of hydrogen-bond donors (Lipinski definition) is 1. The number of carbonyl (C=O) groups is 1. The van der Waals surface area contributed by atoms with Gasteiger partial charge in [-0.1, -0.05) is 0 Å². The molecule has 1 saturated heterocycles. The second-order valence-corrected chi connectivity index (χ2v) is 7.16. The van der Waals surface area contributed by atoms with Gasteiger partial charge in [0.1, 0.15) is 21.3 Å². The monoisotopic (exact) mass is 349 g/mol. The minimum Gasteiger partial charge on any atom is -0.462 e. The van der Waals surface area contributed by atoms with Crippen LogP contribution in [0.3, 0.4) is 0 Å². The average Bonchev–Trinajstić information content (AvgIpc) is 2.91. The van der Waals surface area contributed by atoms with E-state index in [9.17, 15) is 9.90 Å². The highest BCUT2D eigenvalue weighted by Gasteiger charge is 2.26. The summed E-state index contributed by atoms with van der Waals surface area (Å²) in [7, 11) is 0. The third kappa shape index (κ3) is 3.10. The number of esters is 1. The Morgan fingerprint density at radius 2 is 2.04 bits per heavy atom. The first-order valence-corrected chi connectivity index (χ1v) is 9.17. The highest BCUT2D eigenvalue weighted by molar-refractivity contribution is 7.20. The molecule has 7 heteroatoms. The van der Waals surface area contributed by atoms with Gasteiger partial charge < -0.3 is 14.7 Å². The standard InChI is InChI=1S/C17H23N3O3S/c1-4-23-17(22)14-10(2)13-15(18-11(3)19-16(13)24-14)20-7-5-12(9-21)6-8-20/h12,21H,4-9H2,1-3H3. The summed E-state index contributed by atoms with van der Waals surface area (Å²) in [5.74, 6) is 1.69. The third-order valence-electron chi connectivity index (χ3n) is 4.52. The van der Waals surface area contributed by atoms with Crippen molar-refractivity contribution in [2.24, 2.45) is 5.92 Å². The molecular formula is C17H23N3O3S. The Morgan fingerprint density at radius 1 is 1.33 bits per heavy atom. The lowest BCUT2D eigenvalue weighted by molar-refractivity contribution is 0.0531. The van der Waals surface area contributed by atoms with Crippen molar-refractivity contribution in [2.45, 2.75) is 33.6 Å². The number of aliphatic hydroxyl groups excluding tert-OH is 1. The molecule has 6 nitrogen and oxygen atoms in total. The SMILES string of the molecule is CCOC(=O)c1sc2nc(C)nc(N3CCC(CO)CC3)c2c1C. The highest BCUT2D eigenvalue weighted by Crippen LogP contribution is 2.37. The molecule has 0 aliphatic carbocycles. The Morgan fingerprint density at radius 3 is 2.67 bits per heavy atom.